The van der Waals surface area contributed by atoms with Crippen molar-refractivity contribution in [3.05, 3.63) is 23.3 Å². The van der Waals surface area contributed by atoms with E-state index < -0.39 is 30.5 Å². The quantitative estimate of drug-likeness (QED) is 0.763. The summed E-state index contributed by atoms with van der Waals surface area (Å²) in [6.07, 6.45) is 1.78. The van der Waals surface area contributed by atoms with Gasteiger partial charge in [0.1, 0.15) is 0 Å². The fourth-order valence-corrected chi connectivity index (χ4v) is 4.04. The van der Waals surface area contributed by atoms with E-state index in [-0.39, 0.29) is 10.5 Å². The summed E-state index contributed by atoms with van der Waals surface area (Å²) in [6, 6.07) is 2.18. The van der Waals surface area contributed by atoms with Crippen molar-refractivity contribution in [2.75, 3.05) is 12.5 Å². The van der Waals surface area contributed by atoms with Crippen LogP contribution in [-0.2, 0) is 19.7 Å². The molecule has 0 aromatic heterocycles. The number of sulfone groups is 2. The Hall–Kier alpha value is -1.54. The summed E-state index contributed by atoms with van der Waals surface area (Å²) < 4.78 is 46.5. The minimum atomic E-state index is -3.79. The van der Waals surface area contributed by atoms with Gasteiger partial charge in [-0.25, -0.2) is 21.8 Å². The number of carbonyl (C=O) groups is 1. The fourth-order valence-electron chi connectivity index (χ4n) is 1.56. The first-order valence-corrected chi connectivity index (χ1v) is 8.82. The Labute approximate surface area is 112 Å². The van der Waals surface area contributed by atoms with E-state index in [9.17, 15) is 21.6 Å². The van der Waals surface area contributed by atoms with Gasteiger partial charge >= 0.3 is 0 Å². The van der Waals surface area contributed by atoms with Crippen molar-refractivity contribution in [2.45, 2.75) is 16.7 Å². The van der Waals surface area contributed by atoms with E-state index in [0.29, 0.717) is 5.56 Å². The standard InChI is InChI=1S/C11H13NO5S2/c1-7-5-9(18(3,14)15)10(19(4,16)17)6-8(7)11(13)12-2/h5-6H,2H2,1,3-4H3. The lowest BCUT2D eigenvalue weighted by atomic mass is 10.1. The summed E-state index contributed by atoms with van der Waals surface area (Å²) in [4.78, 5) is 14.0. The molecule has 0 fully saturated rings. The highest BCUT2D eigenvalue weighted by molar-refractivity contribution is 7.93. The average molecular weight is 303 g/mol. The van der Waals surface area contributed by atoms with E-state index in [1.54, 1.807) is 0 Å². The summed E-state index contributed by atoms with van der Waals surface area (Å²) in [5, 5.41) is 0. The van der Waals surface area contributed by atoms with Crippen LogP contribution in [-0.4, -0.2) is 42.0 Å². The Balaban J connectivity index is 3.86. The molecule has 0 heterocycles. The molecule has 0 saturated carbocycles. The monoisotopic (exact) mass is 303 g/mol. The molecule has 0 N–H and O–H groups in total. The van der Waals surface area contributed by atoms with E-state index in [4.69, 9.17) is 0 Å². The summed E-state index contributed by atoms with van der Waals surface area (Å²) in [5.41, 5.74) is 0.341. The Kier molecular flexibility index (Phi) is 3.97. The number of nitrogens with zero attached hydrogens (tertiary/aromatic N) is 1. The zero-order chi connectivity index (χ0) is 15.0. The van der Waals surface area contributed by atoms with Crippen molar-refractivity contribution in [1.29, 1.82) is 0 Å². The third kappa shape index (κ3) is 3.27. The highest BCUT2D eigenvalue weighted by atomic mass is 32.2. The lowest BCUT2D eigenvalue weighted by Crippen LogP contribution is -2.11. The van der Waals surface area contributed by atoms with Crippen molar-refractivity contribution in [3.8, 4) is 0 Å². The number of hydrogen-bond donors (Lipinski definition) is 0. The molecule has 0 saturated heterocycles. The molecule has 6 nitrogen and oxygen atoms in total. The van der Waals surface area contributed by atoms with Crippen molar-refractivity contribution in [3.63, 3.8) is 0 Å². The molecule has 0 bridgehead atoms. The zero-order valence-electron chi connectivity index (χ0n) is 10.7. The average Bonchev–Trinajstić information content (AvgIpc) is 2.24. The van der Waals surface area contributed by atoms with Gasteiger partial charge in [-0.1, -0.05) is 0 Å². The van der Waals surface area contributed by atoms with Gasteiger partial charge in [0.15, 0.2) is 19.7 Å². The number of hydrogen-bond acceptors (Lipinski definition) is 5. The van der Waals surface area contributed by atoms with E-state index in [1.165, 1.54) is 6.92 Å². The second kappa shape index (κ2) is 4.86. The van der Waals surface area contributed by atoms with Crippen LogP contribution < -0.4 is 0 Å². The molecule has 0 aliphatic carbocycles. The predicted molar refractivity (Wildman–Crippen MR) is 71.3 cm³/mol. The lowest BCUT2D eigenvalue weighted by molar-refractivity contribution is 0.100. The van der Waals surface area contributed by atoms with Crippen LogP contribution >= 0.6 is 0 Å². The second-order valence-electron chi connectivity index (χ2n) is 4.12. The Morgan fingerprint density at radius 2 is 1.47 bits per heavy atom. The maximum Gasteiger partial charge on any atom is 0.276 e. The molecular formula is C11H13NO5S2. The summed E-state index contributed by atoms with van der Waals surface area (Å²) >= 11 is 0. The first-order chi connectivity index (χ1) is 8.48. The van der Waals surface area contributed by atoms with Gasteiger partial charge in [0.25, 0.3) is 5.91 Å². The molecule has 0 unspecified atom stereocenters. The Bertz CT molecular complexity index is 761. The molecule has 0 aliphatic heterocycles. The van der Waals surface area contributed by atoms with Crippen LogP contribution in [0.5, 0.6) is 0 Å². The SMILES string of the molecule is C=NC(=O)c1cc(S(C)(=O)=O)c(S(C)(=O)=O)cc1C. The van der Waals surface area contributed by atoms with Crippen LogP contribution in [0, 0.1) is 6.92 Å². The highest BCUT2D eigenvalue weighted by Gasteiger charge is 2.24. The normalized spacial score (nSPS) is 12.2. The van der Waals surface area contributed by atoms with Crippen LogP contribution in [0.15, 0.2) is 26.9 Å². The molecule has 104 valence electrons. The van der Waals surface area contributed by atoms with Gasteiger partial charge in [0.2, 0.25) is 0 Å². The van der Waals surface area contributed by atoms with Gasteiger partial charge in [-0.15, -0.1) is 0 Å². The first-order valence-electron chi connectivity index (χ1n) is 5.04. The molecule has 1 amide bonds. The largest absolute Gasteiger partial charge is 0.276 e. The maximum atomic E-state index is 11.7. The van der Waals surface area contributed by atoms with Gasteiger partial charge in [-0.05, 0) is 31.3 Å². The predicted octanol–water partition coefficient (Wildman–Crippen LogP) is 0.643. The van der Waals surface area contributed by atoms with Crippen molar-refractivity contribution >= 4 is 32.3 Å². The topological polar surface area (TPSA) is 97.7 Å². The van der Waals surface area contributed by atoms with Crippen molar-refractivity contribution in [2.24, 2.45) is 4.99 Å². The molecule has 0 spiro atoms. The van der Waals surface area contributed by atoms with E-state index in [1.807, 2.05) is 0 Å². The third-order valence-corrected chi connectivity index (χ3v) is 4.87. The van der Waals surface area contributed by atoms with Crippen molar-refractivity contribution in [1.82, 2.24) is 0 Å². The van der Waals surface area contributed by atoms with Crippen LogP contribution in [0.4, 0.5) is 0 Å². The molecule has 1 aromatic rings. The number of aryl methyl sites for hydroxylation is 1. The summed E-state index contributed by atoms with van der Waals surface area (Å²) in [7, 11) is -7.52. The first kappa shape index (κ1) is 15.5. The van der Waals surface area contributed by atoms with Crippen LogP contribution in [0.25, 0.3) is 0 Å². The van der Waals surface area contributed by atoms with Gasteiger partial charge in [0.05, 0.1) is 9.79 Å². The Morgan fingerprint density at radius 1 is 1.05 bits per heavy atom. The van der Waals surface area contributed by atoms with E-state index in [0.717, 1.165) is 24.6 Å². The van der Waals surface area contributed by atoms with Crippen LogP contribution in [0.1, 0.15) is 15.9 Å². The number of benzene rings is 1. The van der Waals surface area contributed by atoms with Gasteiger partial charge in [0, 0.05) is 18.1 Å². The van der Waals surface area contributed by atoms with Crippen molar-refractivity contribution < 1.29 is 21.6 Å². The molecule has 1 aromatic carbocycles. The van der Waals surface area contributed by atoms with Gasteiger partial charge in [-0.2, -0.15) is 0 Å². The summed E-state index contributed by atoms with van der Waals surface area (Å²) in [6.45, 7) is 4.57. The lowest BCUT2D eigenvalue weighted by Gasteiger charge is -2.10. The summed E-state index contributed by atoms with van der Waals surface area (Å²) in [5.74, 6) is -0.706. The number of carbonyl (C=O) groups excluding carboxylic acids is 1. The molecule has 19 heavy (non-hydrogen) atoms. The minimum Gasteiger partial charge on any atom is -0.267 e. The number of aliphatic imine (C=N–C) groups is 1. The highest BCUT2D eigenvalue weighted by Crippen LogP contribution is 2.25. The molecule has 0 aliphatic rings. The second-order valence-corrected chi connectivity index (χ2v) is 8.09. The Morgan fingerprint density at radius 3 is 1.84 bits per heavy atom. The van der Waals surface area contributed by atoms with Gasteiger partial charge in [-0.3, -0.25) is 4.79 Å². The van der Waals surface area contributed by atoms with Crippen LogP contribution in [0.3, 0.4) is 0 Å². The molecular weight excluding hydrogens is 290 g/mol. The third-order valence-electron chi connectivity index (χ3n) is 2.46. The van der Waals surface area contributed by atoms with Gasteiger partial charge < -0.3 is 0 Å². The fraction of sp³-hybridized carbons (Fsp3) is 0.273. The number of amides is 1. The number of rotatable bonds is 3. The zero-order valence-corrected chi connectivity index (χ0v) is 12.3. The molecule has 8 heteroatoms. The molecule has 0 atom stereocenters. The molecule has 0 radical (unpaired) electrons. The minimum absolute atomic E-state index is 0.0165. The molecule has 1 rings (SSSR count). The van der Waals surface area contributed by atoms with E-state index in [2.05, 4.69) is 11.7 Å². The van der Waals surface area contributed by atoms with Crippen LogP contribution in [0.2, 0.25) is 0 Å². The van der Waals surface area contributed by atoms with E-state index >= 15 is 0 Å². The smallest absolute Gasteiger partial charge is 0.267 e. The maximum absolute atomic E-state index is 11.7.